The number of nitrogens with one attached hydrogen (secondary N) is 1. The Morgan fingerprint density at radius 1 is 1.38 bits per heavy atom. The molecule has 1 atom stereocenters. The third kappa shape index (κ3) is 3.31. The van der Waals surface area contributed by atoms with Gasteiger partial charge in [0.05, 0.1) is 7.11 Å². The summed E-state index contributed by atoms with van der Waals surface area (Å²) in [5.74, 6) is 0.925. The number of rotatable bonds is 4. The molecule has 4 nitrogen and oxygen atoms in total. The Hall–Kier alpha value is -1.71. The first kappa shape index (κ1) is 14.2. The van der Waals surface area contributed by atoms with Crippen LogP contribution in [-0.2, 0) is 6.42 Å². The van der Waals surface area contributed by atoms with E-state index in [1.165, 1.54) is 5.56 Å². The second kappa shape index (κ2) is 5.96. The zero-order valence-electron chi connectivity index (χ0n) is 12.9. The maximum atomic E-state index is 12.3. The van der Waals surface area contributed by atoms with Crippen molar-refractivity contribution in [1.29, 1.82) is 0 Å². The summed E-state index contributed by atoms with van der Waals surface area (Å²) in [6.07, 6.45) is 5.42. The molecular weight excluding hydrogens is 264 g/mol. The van der Waals surface area contributed by atoms with Crippen LogP contribution in [0.15, 0.2) is 18.2 Å². The smallest absolute Gasteiger partial charge is 0.317 e. The minimum atomic E-state index is 0.130. The van der Waals surface area contributed by atoms with Crippen molar-refractivity contribution in [1.82, 2.24) is 10.2 Å². The number of hydrogen-bond acceptors (Lipinski definition) is 2. The number of aryl methyl sites for hydroxylation is 1. The Morgan fingerprint density at radius 2 is 2.19 bits per heavy atom. The molecule has 114 valence electrons. The number of ether oxygens (including phenoxy) is 1. The zero-order chi connectivity index (χ0) is 14.8. The summed E-state index contributed by atoms with van der Waals surface area (Å²) in [4.78, 5) is 14.3. The highest BCUT2D eigenvalue weighted by atomic mass is 16.5. The second-order valence-electron chi connectivity index (χ2n) is 6.22. The molecule has 1 aliphatic heterocycles. The van der Waals surface area contributed by atoms with Crippen molar-refractivity contribution in [3.63, 3.8) is 0 Å². The summed E-state index contributed by atoms with van der Waals surface area (Å²) in [6, 6.07) is 7.20. The van der Waals surface area contributed by atoms with Gasteiger partial charge in [0, 0.05) is 18.6 Å². The summed E-state index contributed by atoms with van der Waals surface area (Å²) >= 11 is 0. The summed E-state index contributed by atoms with van der Waals surface area (Å²) in [5.41, 5.74) is 2.44. The number of likely N-dealkylation sites (tertiary alicyclic amines) is 1. The highest BCUT2D eigenvalue weighted by Crippen LogP contribution is 2.26. The largest absolute Gasteiger partial charge is 0.496 e. The molecule has 1 saturated heterocycles. The van der Waals surface area contributed by atoms with E-state index >= 15 is 0 Å². The number of nitrogens with zero attached hydrogens (tertiary/aromatic N) is 1. The predicted octanol–water partition coefficient (Wildman–Crippen LogP) is 2.88. The molecule has 1 aromatic carbocycles. The minimum Gasteiger partial charge on any atom is -0.496 e. The van der Waals surface area contributed by atoms with Crippen LogP contribution in [-0.4, -0.2) is 36.7 Å². The first-order chi connectivity index (χ1) is 10.2. The van der Waals surface area contributed by atoms with E-state index in [1.807, 2.05) is 11.0 Å². The van der Waals surface area contributed by atoms with Gasteiger partial charge in [-0.3, -0.25) is 0 Å². The highest BCUT2D eigenvalue weighted by molar-refractivity contribution is 5.75. The van der Waals surface area contributed by atoms with E-state index in [1.54, 1.807) is 7.11 Å². The van der Waals surface area contributed by atoms with Gasteiger partial charge in [0.2, 0.25) is 0 Å². The van der Waals surface area contributed by atoms with Crippen LogP contribution in [0.5, 0.6) is 5.75 Å². The molecule has 2 amide bonds. The maximum absolute atomic E-state index is 12.3. The van der Waals surface area contributed by atoms with E-state index in [0.717, 1.165) is 50.0 Å². The molecule has 1 aliphatic carbocycles. The standard InChI is InChI=1S/C17H24N2O2/c1-12-10-13(5-8-16(12)21-2)11-15-4-3-9-19(15)17(20)18-14-6-7-14/h5,8,10,14-15H,3-4,6-7,9,11H2,1-2H3,(H,18,20). The van der Waals surface area contributed by atoms with Crippen LogP contribution >= 0.6 is 0 Å². The van der Waals surface area contributed by atoms with E-state index in [-0.39, 0.29) is 6.03 Å². The Labute approximate surface area is 126 Å². The average molecular weight is 288 g/mol. The lowest BCUT2D eigenvalue weighted by atomic mass is 10.0. The fourth-order valence-corrected chi connectivity index (χ4v) is 3.14. The molecule has 21 heavy (non-hydrogen) atoms. The van der Waals surface area contributed by atoms with Crippen molar-refractivity contribution >= 4 is 6.03 Å². The molecule has 3 rings (SSSR count). The van der Waals surface area contributed by atoms with Crippen molar-refractivity contribution in [2.75, 3.05) is 13.7 Å². The number of benzene rings is 1. The molecule has 1 aromatic rings. The number of urea groups is 1. The molecule has 2 fully saturated rings. The predicted molar refractivity (Wildman–Crippen MR) is 82.7 cm³/mol. The van der Waals surface area contributed by atoms with Gasteiger partial charge < -0.3 is 15.0 Å². The molecule has 1 saturated carbocycles. The molecule has 0 spiro atoms. The fraction of sp³-hybridized carbons (Fsp3) is 0.588. The third-order valence-corrected chi connectivity index (χ3v) is 4.47. The van der Waals surface area contributed by atoms with Crippen LogP contribution in [0.4, 0.5) is 4.79 Å². The van der Waals surface area contributed by atoms with Gasteiger partial charge >= 0.3 is 6.03 Å². The molecule has 0 aromatic heterocycles. The monoisotopic (exact) mass is 288 g/mol. The van der Waals surface area contributed by atoms with Crippen LogP contribution in [0.3, 0.4) is 0 Å². The number of hydrogen-bond donors (Lipinski definition) is 1. The normalized spacial score (nSPS) is 21.4. The van der Waals surface area contributed by atoms with Crippen molar-refractivity contribution in [2.24, 2.45) is 0 Å². The van der Waals surface area contributed by atoms with Crippen molar-refractivity contribution in [2.45, 2.75) is 51.1 Å². The molecule has 0 radical (unpaired) electrons. The molecule has 0 bridgehead atoms. The number of carbonyl (C=O) groups excluding carboxylic acids is 1. The van der Waals surface area contributed by atoms with Gasteiger partial charge in [-0.05, 0) is 56.2 Å². The summed E-state index contributed by atoms with van der Waals surface area (Å²) in [5, 5.41) is 3.11. The maximum Gasteiger partial charge on any atom is 0.317 e. The van der Waals surface area contributed by atoms with Crippen LogP contribution in [0, 0.1) is 6.92 Å². The lowest BCUT2D eigenvalue weighted by molar-refractivity contribution is 0.192. The zero-order valence-corrected chi connectivity index (χ0v) is 12.9. The van der Waals surface area contributed by atoms with E-state index in [9.17, 15) is 4.79 Å². The van der Waals surface area contributed by atoms with E-state index in [0.29, 0.717) is 12.1 Å². The van der Waals surface area contributed by atoms with Crippen LogP contribution in [0.25, 0.3) is 0 Å². The first-order valence-electron chi connectivity index (χ1n) is 7.88. The van der Waals surface area contributed by atoms with Gasteiger partial charge in [-0.2, -0.15) is 0 Å². The quantitative estimate of drug-likeness (QED) is 0.925. The van der Waals surface area contributed by atoms with Gasteiger partial charge in [-0.15, -0.1) is 0 Å². The number of amides is 2. The van der Waals surface area contributed by atoms with Gasteiger partial charge in [0.15, 0.2) is 0 Å². The second-order valence-corrected chi connectivity index (χ2v) is 6.22. The molecule has 2 aliphatic rings. The van der Waals surface area contributed by atoms with Crippen molar-refractivity contribution in [3.05, 3.63) is 29.3 Å². The van der Waals surface area contributed by atoms with Crippen molar-refractivity contribution < 1.29 is 9.53 Å². The van der Waals surface area contributed by atoms with Gasteiger partial charge in [0.1, 0.15) is 5.75 Å². The fourth-order valence-electron chi connectivity index (χ4n) is 3.14. The molecule has 1 unspecified atom stereocenters. The summed E-state index contributed by atoms with van der Waals surface area (Å²) in [6.45, 7) is 2.95. The topological polar surface area (TPSA) is 41.6 Å². The number of carbonyl (C=O) groups is 1. The Morgan fingerprint density at radius 3 is 2.86 bits per heavy atom. The van der Waals surface area contributed by atoms with E-state index in [2.05, 4.69) is 24.4 Å². The lowest BCUT2D eigenvalue weighted by Gasteiger charge is -2.25. The van der Waals surface area contributed by atoms with Crippen LogP contribution in [0.2, 0.25) is 0 Å². The van der Waals surface area contributed by atoms with Gasteiger partial charge in [-0.25, -0.2) is 4.79 Å². The molecule has 1 heterocycles. The molecule has 4 heteroatoms. The Balaban J connectivity index is 1.65. The Bertz CT molecular complexity index is 526. The minimum absolute atomic E-state index is 0.130. The summed E-state index contributed by atoms with van der Waals surface area (Å²) in [7, 11) is 1.70. The number of methoxy groups -OCH3 is 1. The SMILES string of the molecule is COc1ccc(CC2CCCN2C(=O)NC2CC2)cc1C. The highest BCUT2D eigenvalue weighted by Gasteiger charge is 2.32. The first-order valence-corrected chi connectivity index (χ1v) is 7.88. The lowest BCUT2D eigenvalue weighted by Crippen LogP contribution is -2.44. The van der Waals surface area contributed by atoms with E-state index in [4.69, 9.17) is 4.74 Å². The van der Waals surface area contributed by atoms with E-state index < -0.39 is 0 Å². The Kier molecular flexibility index (Phi) is 4.04. The summed E-state index contributed by atoms with van der Waals surface area (Å²) < 4.78 is 5.31. The van der Waals surface area contributed by atoms with Gasteiger partial charge in [0.25, 0.3) is 0 Å². The van der Waals surface area contributed by atoms with Crippen LogP contribution < -0.4 is 10.1 Å². The average Bonchev–Trinajstić information content (AvgIpc) is 3.15. The van der Waals surface area contributed by atoms with Crippen LogP contribution in [0.1, 0.15) is 36.8 Å². The van der Waals surface area contributed by atoms with Gasteiger partial charge in [-0.1, -0.05) is 12.1 Å². The molecular formula is C17H24N2O2. The molecule has 1 N–H and O–H groups in total. The van der Waals surface area contributed by atoms with Crippen molar-refractivity contribution in [3.8, 4) is 5.75 Å². The third-order valence-electron chi connectivity index (χ3n) is 4.47.